The number of hydrogen-bond acceptors (Lipinski definition) is 4. The Morgan fingerprint density at radius 2 is 1.81 bits per heavy atom. The van der Waals surface area contributed by atoms with E-state index in [0.29, 0.717) is 0 Å². The van der Waals surface area contributed by atoms with E-state index in [1.165, 1.54) is 0 Å². The molecule has 2 heterocycles. The van der Waals surface area contributed by atoms with E-state index in [1.807, 2.05) is 25.4 Å². The summed E-state index contributed by atoms with van der Waals surface area (Å²) in [4.78, 5) is 9.29. The standard InChI is InChI=1S/C22H22N4/c1-23-11-5-13-25-22-15-21(26-20-8-3-2-7-18(20)22)17-9-10-19-16(14-17)6-4-12-24-19/h2-4,6-10,12,14-15,23H,5,11,13H2,1H3,(H,25,26). The second-order valence-corrected chi connectivity index (χ2v) is 6.37. The van der Waals surface area contributed by atoms with Gasteiger partial charge in [0.1, 0.15) is 0 Å². The van der Waals surface area contributed by atoms with Crippen LogP contribution in [0.3, 0.4) is 0 Å². The van der Waals surface area contributed by atoms with Crippen molar-refractivity contribution < 1.29 is 0 Å². The van der Waals surface area contributed by atoms with Crippen LogP contribution in [0.5, 0.6) is 0 Å². The number of anilines is 1. The van der Waals surface area contributed by atoms with E-state index in [0.717, 1.165) is 58.3 Å². The van der Waals surface area contributed by atoms with Crippen molar-refractivity contribution >= 4 is 27.5 Å². The van der Waals surface area contributed by atoms with E-state index in [9.17, 15) is 0 Å². The van der Waals surface area contributed by atoms with Crippen molar-refractivity contribution in [2.45, 2.75) is 6.42 Å². The fraction of sp³-hybridized carbons (Fsp3) is 0.182. The smallest absolute Gasteiger partial charge is 0.0730 e. The van der Waals surface area contributed by atoms with Gasteiger partial charge in [-0.1, -0.05) is 30.3 Å². The molecule has 0 radical (unpaired) electrons. The predicted octanol–water partition coefficient (Wildman–Crippen LogP) is 4.47. The first-order valence-corrected chi connectivity index (χ1v) is 8.98. The molecule has 0 saturated heterocycles. The average Bonchev–Trinajstić information content (AvgIpc) is 2.70. The number of benzene rings is 2. The minimum absolute atomic E-state index is 0.927. The molecule has 2 aromatic carbocycles. The number of pyridine rings is 2. The lowest BCUT2D eigenvalue weighted by Gasteiger charge is -2.12. The second-order valence-electron chi connectivity index (χ2n) is 6.37. The van der Waals surface area contributed by atoms with Crippen molar-refractivity contribution in [3.05, 3.63) is 66.9 Å². The first kappa shape index (κ1) is 16.5. The Kier molecular flexibility index (Phi) is 4.75. The fourth-order valence-electron chi connectivity index (χ4n) is 3.19. The molecule has 0 atom stereocenters. The normalized spacial score (nSPS) is 11.1. The van der Waals surface area contributed by atoms with Crippen molar-refractivity contribution in [1.82, 2.24) is 15.3 Å². The summed E-state index contributed by atoms with van der Waals surface area (Å²) < 4.78 is 0. The van der Waals surface area contributed by atoms with Gasteiger partial charge in [-0.15, -0.1) is 0 Å². The number of rotatable bonds is 6. The van der Waals surface area contributed by atoms with Crippen LogP contribution in [0.15, 0.2) is 66.9 Å². The molecular weight excluding hydrogens is 320 g/mol. The van der Waals surface area contributed by atoms with Crippen LogP contribution >= 0.6 is 0 Å². The van der Waals surface area contributed by atoms with Crippen molar-refractivity contribution in [1.29, 1.82) is 0 Å². The van der Waals surface area contributed by atoms with Gasteiger partial charge >= 0.3 is 0 Å². The Bertz CT molecular complexity index is 1040. The molecule has 4 aromatic rings. The van der Waals surface area contributed by atoms with Crippen molar-refractivity contribution in [3.8, 4) is 11.3 Å². The van der Waals surface area contributed by atoms with E-state index in [-0.39, 0.29) is 0 Å². The van der Waals surface area contributed by atoms with Crippen molar-refractivity contribution in [3.63, 3.8) is 0 Å². The van der Waals surface area contributed by atoms with Gasteiger partial charge in [-0.25, -0.2) is 4.98 Å². The monoisotopic (exact) mass is 342 g/mol. The molecule has 0 bridgehead atoms. The van der Waals surface area contributed by atoms with Gasteiger partial charge in [-0.3, -0.25) is 4.98 Å². The number of aromatic nitrogens is 2. The maximum Gasteiger partial charge on any atom is 0.0730 e. The second kappa shape index (κ2) is 7.50. The van der Waals surface area contributed by atoms with Crippen LogP contribution in [-0.4, -0.2) is 30.1 Å². The molecule has 0 fully saturated rings. The van der Waals surface area contributed by atoms with E-state index in [1.54, 1.807) is 0 Å². The highest BCUT2D eigenvalue weighted by Gasteiger charge is 2.08. The highest BCUT2D eigenvalue weighted by molar-refractivity contribution is 5.94. The summed E-state index contributed by atoms with van der Waals surface area (Å²) in [6.45, 7) is 1.93. The largest absolute Gasteiger partial charge is 0.384 e. The minimum Gasteiger partial charge on any atom is -0.384 e. The summed E-state index contributed by atoms with van der Waals surface area (Å²) in [6, 6.07) is 20.8. The Hall–Kier alpha value is -2.98. The summed E-state index contributed by atoms with van der Waals surface area (Å²) in [7, 11) is 1.98. The van der Waals surface area contributed by atoms with Crippen LogP contribution in [0.4, 0.5) is 5.69 Å². The number of para-hydroxylation sites is 1. The van der Waals surface area contributed by atoms with Crippen LogP contribution < -0.4 is 10.6 Å². The molecule has 0 aliphatic heterocycles. The maximum absolute atomic E-state index is 4.88. The molecule has 0 saturated carbocycles. The lowest BCUT2D eigenvalue weighted by molar-refractivity contribution is 0.748. The lowest BCUT2D eigenvalue weighted by Crippen LogP contribution is -2.13. The molecule has 0 spiro atoms. The van der Waals surface area contributed by atoms with Gasteiger partial charge in [0.25, 0.3) is 0 Å². The fourth-order valence-corrected chi connectivity index (χ4v) is 3.19. The quantitative estimate of drug-likeness (QED) is 0.508. The highest BCUT2D eigenvalue weighted by atomic mass is 14.9. The van der Waals surface area contributed by atoms with Crippen molar-refractivity contribution in [2.24, 2.45) is 0 Å². The topological polar surface area (TPSA) is 49.8 Å². The Morgan fingerprint density at radius 3 is 2.73 bits per heavy atom. The van der Waals surface area contributed by atoms with E-state index in [2.05, 4.69) is 64.1 Å². The molecule has 4 rings (SSSR count). The first-order chi connectivity index (χ1) is 12.8. The van der Waals surface area contributed by atoms with Gasteiger partial charge in [0.2, 0.25) is 0 Å². The Labute approximate surface area is 153 Å². The van der Waals surface area contributed by atoms with E-state index < -0.39 is 0 Å². The zero-order chi connectivity index (χ0) is 17.8. The number of nitrogens with zero attached hydrogens (tertiary/aromatic N) is 2. The SMILES string of the molecule is CNCCCNc1cc(-c2ccc3ncccc3c2)nc2ccccc12. The van der Waals surface area contributed by atoms with Crippen LogP contribution in [-0.2, 0) is 0 Å². The van der Waals surface area contributed by atoms with E-state index >= 15 is 0 Å². The van der Waals surface area contributed by atoms with E-state index in [4.69, 9.17) is 4.98 Å². The number of nitrogens with one attached hydrogen (secondary N) is 2. The zero-order valence-corrected chi connectivity index (χ0v) is 14.9. The average molecular weight is 342 g/mol. The van der Waals surface area contributed by atoms with Crippen LogP contribution in [0.25, 0.3) is 33.1 Å². The van der Waals surface area contributed by atoms with Gasteiger partial charge in [0.05, 0.1) is 16.7 Å². The molecule has 2 aromatic heterocycles. The lowest BCUT2D eigenvalue weighted by atomic mass is 10.1. The molecule has 130 valence electrons. The van der Waals surface area contributed by atoms with Crippen LogP contribution in [0.1, 0.15) is 6.42 Å². The summed E-state index contributed by atoms with van der Waals surface area (Å²) in [6.07, 6.45) is 2.90. The molecule has 4 heteroatoms. The molecule has 0 aliphatic carbocycles. The Morgan fingerprint density at radius 1 is 0.885 bits per heavy atom. The van der Waals surface area contributed by atoms with Crippen molar-refractivity contribution in [2.75, 3.05) is 25.5 Å². The third kappa shape index (κ3) is 3.37. The molecule has 0 unspecified atom stereocenters. The Balaban J connectivity index is 1.76. The third-order valence-electron chi connectivity index (χ3n) is 4.53. The third-order valence-corrected chi connectivity index (χ3v) is 4.53. The summed E-state index contributed by atoms with van der Waals surface area (Å²) in [5.74, 6) is 0. The maximum atomic E-state index is 4.88. The molecule has 26 heavy (non-hydrogen) atoms. The van der Waals surface area contributed by atoms with Gasteiger partial charge in [0.15, 0.2) is 0 Å². The summed E-state index contributed by atoms with van der Waals surface area (Å²) in [5.41, 5.74) is 5.22. The van der Waals surface area contributed by atoms with Gasteiger partial charge in [-0.05, 0) is 50.3 Å². The number of hydrogen-bond donors (Lipinski definition) is 2. The van der Waals surface area contributed by atoms with Crippen LogP contribution in [0, 0.1) is 0 Å². The minimum atomic E-state index is 0.927. The molecule has 4 nitrogen and oxygen atoms in total. The predicted molar refractivity (Wildman–Crippen MR) is 110 cm³/mol. The zero-order valence-electron chi connectivity index (χ0n) is 14.9. The van der Waals surface area contributed by atoms with Crippen LogP contribution in [0.2, 0.25) is 0 Å². The van der Waals surface area contributed by atoms with Gasteiger partial charge in [0, 0.05) is 34.8 Å². The molecular formula is C22H22N4. The van der Waals surface area contributed by atoms with Gasteiger partial charge in [-0.2, -0.15) is 0 Å². The number of fused-ring (bicyclic) bond motifs is 2. The first-order valence-electron chi connectivity index (χ1n) is 8.98. The summed E-state index contributed by atoms with van der Waals surface area (Å²) in [5, 5.41) is 9.05. The molecule has 2 N–H and O–H groups in total. The molecule has 0 amide bonds. The van der Waals surface area contributed by atoms with Gasteiger partial charge < -0.3 is 10.6 Å². The molecule has 0 aliphatic rings. The summed E-state index contributed by atoms with van der Waals surface area (Å²) >= 11 is 0. The highest BCUT2D eigenvalue weighted by Crippen LogP contribution is 2.29.